The lowest BCUT2D eigenvalue weighted by Gasteiger charge is -2.22. The van der Waals surface area contributed by atoms with Crippen molar-refractivity contribution in [3.63, 3.8) is 0 Å². The van der Waals surface area contributed by atoms with Gasteiger partial charge in [0.15, 0.2) is 11.5 Å². The fourth-order valence-electron chi connectivity index (χ4n) is 4.14. The lowest BCUT2D eigenvalue weighted by Crippen LogP contribution is -2.13. The molecule has 4 rings (SSSR count). The highest BCUT2D eigenvalue weighted by molar-refractivity contribution is 6.35. The number of benzene rings is 2. The summed E-state index contributed by atoms with van der Waals surface area (Å²) in [5, 5.41) is 1.17. The van der Waals surface area contributed by atoms with E-state index in [1.165, 1.54) is 18.4 Å². The highest BCUT2D eigenvalue weighted by atomic mass is 35.5. The first kappa shape index (κ1) is 21.0. The topological polar surface area (TPSA) is 31.4 Å². The summed E-state index contributed by atoms with van der Waals surface area (Å²) in [5.41, 5.74) is 3.23. The molecule has 0 radical (unpaired) electrons. The first-order valence-corrected chi connectivity index (χ1v) is 11.1. The van der Waals surface area contributed by atoms with E-state index in [2.05, 4.69) is 41.4 Å². The van der Waals surface area contributed by atoms with Crippen LogP contribution in [-0.4, -0.2) is 18.2 Å². The van der Waals surface area contributed by atoms with Crippen LogP contribution in [0.5, 0.6) is 11.5 Å². The second-order valence-corrected chi connectivity index (χ2v) is 8.50. The molecular formula is C25H25Cl2NO2. The SMILES string of the molecule is COc1ccc(C(Cc2c(Cl)cncc2Cl)c2ccccc2)cc1OC1CCCC1. The van der Waals surface area contributed by atoms with E-state index in [0.29, 0.717) is 16.5 Å². The Kier molecular flexibility index (Phi) is 6.81. The average Bonchev–Trinajstić information content (AvgIpc) is 3.27. The number of ether oxygens (including phenoxy) is 2. The Morgan fingerprint density at radius 2 is 1.63 bits per heavy atom. The minimum Gasteiger partial charge on any atom is -0.493 e. The van der Waals surface area contributed by atoms with Gasteiger partial charge in [0, 0.05) is 18.3 Å². The van der Waals surface area contributed by atoms with E-state index in [1.807, 2.05) is 12.1 Å². The molecule has 1 aliphatic rings. The Balaban J connectivity index is 1.73. The third-order valence-corrected chi connectivity index (χ3v) is 6.40. The molecule has 0 amide bonds. The van der Waals surface area contributed by atoms with Gasteiger partial charge in [0.1, 0.15) is 0 Å². The molecule has 0 saturated heterocycles. The van der Waals surface area contributed by atoms with Gasteiger partial charge in [-0.2, -0.15) is 0 Å². The Morgan fingerprint density at radius 1 is 0.933 bits per heavy atom. The number of aromatic nitrogens is 1. The van der Waals surface area contributed by atoms with E-state index in [4.69, 9.17) is 32.7 Å². The molecule has 0 aliphatic heterocycles. The molecule has 30 heavy (non-hydrogen) atoms. The zero-order valence-electron chi connectivity index (χ0n) is 17.0. The normalized spacial score (nSPS) is 15.2. The van der Waals surface area contributed by atoms with Crippen LogP contribution in [-0.2, 0) is 6.42 Å². The smallest absolute Gasteiger partial charge is 0.161 e. The maximum absolute atomic E-state index is 6.45. The zero-order chi connectivity index (χ0) is 20.9. The van der Waals surface area contributed by atoms with Gasteiger partial charge in [0.2, 0.25) is 0 Å². The molecular weight excluding hydrogens is 417 g/mol. The van der Waals surface area contributed by atoms with Crippen LogP contribution < -0.4 is 9.47 Å². The standard InChI is InChI=1S/C25H25Cl2NO2/c1-29-24-12-11-18(13-25(24)30-19-9-5-6-10-19)20(17-7-3-2-4-8-17)14-21-22(26)15-28-16-23(21)27/h2-4,7-8,11-13,15-16,19-20H,5-6,9-10,14H2,1H3. The molecule has 1 aliphatic carbocycles. The largest absolute Gasteiger partial charge is 0.493 e. The molecule has 156 valence electrons. The summed E-state index contributed by atoms with van der Waals surface area (Å²) in [7, 11) is 1.68. The van der Waals surface area contributed by atoms with E-state index in [-0.39, 0.29) is 12.0 Å². The van der Waals surface area contributed by atoms with Crippen LogP contribution >= 0.6 is 23.2 Å². The Morgan fingerprint density at radius 3 is 2.30 bits per heavy atom. The summed E-state index contributed by atoms with van der Waals surface area (Å²) >= 11 is 12.9. The fourth-order valence-corrected chi connectivity index (χ4v) is 4.66. The third kappa shape index (κ3) is 4.74. The molecule has 0 N–H and O–H groups in total. The van der Waals surface area contributed by atoms with Crippen molar-refractivity contribution < 1.29 is 9.47 Å². The van der Waals surface area contributed by atoms with Crippen molar-refractivity contribution in [1.29, 1.82) is 0 Å². The molecule has 1 fully saturated rings. The average molecular weight is 442 g/mol. The molecule has 0 bridgehead atoms. The number of nitrogens with zero attached hydrogens (tertiary/aromatic N) is 1. The number of hydrogen-bond donors (Lipinski definition) is 0. The molecule has 5 heteroatoms. The minimum absolute atomic E-state index is 0.0698. The summed E-state index contributed by atoms with van der Waals surface area (Å²) in [6, 6.07) is 16.6. The lowest BCUT2D eigenvalue weighted by molar-refractivity contribution is 0.200. The van der Waals surface area contributed by atoms with Crippen LogP contribution in [0.2, 0.25) is 10.0 Å². The van der Waals surface area contributed by atoms with Gasteiger partial charge in [0.25, 0.3) is 0 Å². The highest BCUT2D eigenvalue weighted by Crippen LogP contribution is 2.39. The van der Waals surface area contributed by atoms with Crippen LogP contribution in [0.4, 0.5) is 0 Å². The first-order valence-electron chi connectivity index (χ1n) is 10.3. The van der Waals surface area contributed by atoms with Crippen molar-refractivity contribution in [3.8, 4) is 11.5 Å². The van der Waals surface area contributed by atoms with Crippen LogP contribution in [0.25, 0.3) is 0 Å². The predicted molar refractivity (Wildman–Crippen MR) is 122 cm³/mol. The van der Waals surface area contributed by atoms with Crippen LogP contribution in [0.1, 0.15) is 48.3 Å². The molecule has 2 aromatic carbocycles. The van der Waals surface area contributed by atoms with E-state index in [9.17, 15) is 0 Å². The maximum atomic E-state index is 6.45. The summed E-state index contributed by atoms with van der Waals surface area (Å²) in [4.78, 5) is 4.09. The van der Waals surface area contributed by atoms with Crippen molar-refractivity contribution in [2.45, 2.75) is 44.1 Å². The number of halogens is 2. The molecule has 1 unspecified atom stereocenters. The summed E-state index contributed by atoms with van der Waals surface area (Å²) < 4.78 is 11.9. The Hall–Kier alpha value is -2.23. The van der Waals surface area contributed by atoms with Gasteiger partial charge in [0.05, 0.1) is 23.3 Å². The second kappa shape index (κ2) is 9.72. The summed E-state index contributed by atoms with van der Waals surface area (Å²) in [6.45, 7) is 0. The molecule has 0 spiro atoms. The summed E-state index contributed by atoms with van der Waals surface area (Å²) in [5.74, 6) is 1.63. The molecule has 3 aromatic rings. The van der Waals surface area contributed by atoms with Gasteiger partial charge in [-0.25, -0.2) is 0 Å². The molecule has 1 atom stereocenters. The van der Waals surface area contributed by atoms with Gasteiger partial charge >= 0.3 is 0 Å². The van der Waals surface area contributed by atoms with Crippen molar-refractivity contribution in [2.75, 3.05) is 7.11 Å². The van der Waals surface area contributed by atoms with Crippen molar-refractivity contribution in [3.05, 3.63) is 87.7 Å². The zero-order valence-corrected chi connectivity index (χ0v) is 18.5. The summed E-state index contributed by atoms with van der Waals surface area (Å²) in [6.07, 6.45) is 8.85. The monoisotopic (exact) mass is 441 g/mol. The van der Waals surface area contributed by atoms with Crippen LogP contribution in [0.3, 0.4) is 0 Å². The van der Waals surface area contributed by atoms with Gasteiger partial charge in [-0.05, 0) is 60.9 Å². The quantitative estimate of drug-likeness (QED) is 0.391. The Labute approximate surface area is 188 Å². The van der Waals surface area contributed by atoms with Crippen molar-refractivity contribution in [2.24, 2.45) is 0 Å². The number of pyridine rings is 1. The van der Waals surface area contributed by atoms with Crippen molar-refractivity contribution in [1.82, 2.24) is 4.98 Å². The molecule has 1 heterocycles. The fraction of sp³-hybridized carbons (Fsp3) is 0.320. The van der Waals surface area contributed by atoms with E-state index in [1.54, 1.807) is 19.5 Å². The van der Waals surface area contributed by atoms with E-state index in [0.717, 1.165) is 35.5 Å². The Bertz CT molecular complexity index is 967. The van der Waals surface area contributed by atoms with Gasteiger partial charge in [-0.15, -0.1) is 0 Å². The van der Waals surface area contributed by atoms with E-state index < -0.39 is 0 Å². The molecule has 1 aromatic heterocycles. The lowest BCUT2D eigenvalue weighted by atomic mass is 9.86. The third-order valence-electron chi connectivity index (χ3n) is 5.75. The van der Waals surface area contributed by atoms with E-state index >= 15 is 0 Å². The maximum Gasteiger partial charge on any atom is 0.161 e. The number of methoxy groups -OCH3 is 1. The first-order chi connectivity index (χ1) is 14.7. The molecule has 3 nitrogen and oxygen atoms in total. The van der Waals surface area contributed by atoms with Gasteiger partial charge in [-0.3, -0.25) is 4.98 Å². The predicted octanol–water partition coefficient (Wildman–Crippen LogP) is 7.09. The molecule has 1 saturated carbocycles. The number of hydrogen-bond acceptors (Lipinski definition) is 3. The van der Waals surface area contributed by atoms with Crippen LogP contribution in [0, 0.1) is 0 Å². The van der Waals surface area contributed by atoms with Crippen LogP contribution in [0.15, 0.2) is 60.9 Å². The number of rotatable bonds is 7. The minimum atomic E-state index is 0.0698. The van der Waals surface area contributed by atoms with Crippen molar-refractivity contribution >= 4 is 23.2 Å². The van der Waals surface area contributed by atoms with Gasteiger partial charge < -0.3 is 9.47 Å². The van der Waals surface area contributed by atoms with Gasteiger partial charge in [-0.1, -0.05) is 59.6 Å². The highest BCUT2D eigenvalue weighted by Gasteiger charge is 2.22. The second-order valence-electron chi connectivity index (χ2n) is 7.68.